The van der Waals surface area contributed by atoms with E-state index < -0.39 is 0 Å². The van der Waals surface area contributed by atoms with Gasteiger partial charge in [-0.05, 0) is 36.5 Å². The second-order valence-electron chi connectivity index (χ2n) is 5.47. The maximum Gasteiger partial charge on any atom is 0.128 e. The van der Waals surface area contributed by atoms with Crippen LogP contribution in [0.5, 0.6) is 0 Å². The van der Waals surface area contributed by atoms with Crippen molar-refractivity contribution in [3.63, 3.8) is 0 Å². The lowest BCUT2D eigenvalue weighted by atomic mass is 9.91. The third-order valence-electron chi connectivity index (χ3n) is 3.73. The molecular weight excluding hydrogens is 271 g/mol. The lowest BCUT2D eigenvalue weighted by Crippen LogP contribution is -2.15. The van der Waals surface area contributed by atoms with Crippen LogP contribution in [0.25, 0.3) is 0 Å². The van der Waals surface area contributed by atoms with Crippen LogP contribution in [0, 0.1) is 23.6 Å². The molecular formula is C17H21FOS. The summed E-state index contributed by atoms with van der Waals surface area (Å²) in [7, 11) is 0. The van der Waals surface area contributed by atoms with Gasteiger partial charge in [-0.15, -0.1) is 0 Å². The number of halogens is 1. The number of aliphatic hydroxyl groups excluding tert-OH is 1. The van der Waals surface area contributed by atoms with Crippen molar-refractivity contribution in [3.8, 4) is 11.8 Å². The second-order valence-corrected chi connectivity index (χ2v) is 6.76. The molecule has 0 aliphatic heterocycles. The van der Waals surface area contributed by atoms with Crippen molar-refractivity contribution in [3.05, 3.63) is 35.1 Å². The van der Waals surface area contributed by atoms with Gasteiger partial charge in [-0.25, -0.2) is 4.39 Å². The van der Waals surface area contributed by atoms with Crippen molar-refractivity contribution in [1.29, 1.82) is 0 Å². The number of rotatable bonds is 3. The van der Waals surface area contributed by atoms with Crippen molar-refractivity contribution in [1.82, 2.24) is 0 Å². The Morgan fingerprint density at radius 2 is 2.25 bits per heavy atom. The molecule has 1 aromatic carbocycles. The van der Waals surface area contributed by atoms with Crippen LogP contribution in [-0.2, 0) is 5.75 Å². The summed E-state index contributed by atoms with van der Waals surface area (Å²) in [6.45, 7) is 2.11. The summed E-state index contributed by atoms with van der Waals surface area (Å²) < 4.78 is 14.0. The number of aliphatic hydroxyl groups is 1. The standard InChI is InChI=1S/C17H21FOS/c1-13-4-2-6-16(10-13)20-12-15-8-7-14(5-3-9-19)11-17(15)18/h7-8,11,13,16,19H,2,4,6,9-10,12H2,1H3. The molecule has 3 heteroatoms. The Bertz CT molecular complexity index is 503. The molecule has 1 nitrogen and oxygen atoms in total. The molecule has 1 N–H and O–H groups in total. The summed E-state index contributed by atoms with van der Waals surface area (Å²) in [4.78, 5) is 0. The molecule has 1 fully saturated rings. The molecule has 1 aliphatic rings. The van der Waals surface area contributed by atoms with E-state index in [-0.39, 0.29) is 12.4 Å². The molecule has 1 saturated carbocycles. The molecule has 1 aliphatic carbocycles. The number of hydrogen-bond acceptors (Lipinski definition) is 2. The Hall–Kier alpha value is -0.980. The monoisotopic (exact) mass is 292 g/mol. The normalized spacial score (nSPS) is 22.1. The van der Waals surface area contributed by atoms with Crippen LogP contribution in [0.1, 0.15) is 43.7 Å². The van der Waals surface area contributed by atoms with Gasteiger partial charge in [0.05, 0.1) is 0 Å². The summed E-state index contributed by atoms with van der Waals surface area (Å²) in [6, 6.07) is 5.10. The molecule has 0 spiro atoms. The minimum absolute atomic E-state index is 0.189. The van der Waals surface area contributed by atoms with Gasteiger partial charge >= 0.3 is 0 Å². The molecule has 2 rings (SSSR count). The van der Waals surface area contributed by atoms with Crippen molar-refractivity contribution in [2.45, 2.75) is 43.6 Å². The van der Waals surface area contributed by atoms with E-state index >= 15 is 0 Å². The van der Waals surface area contributed by atoms with Crippen LogP contribution in [-0.4, -0.2) is 17.0 Å². The lowest BCUT2D eigenvalue weighted by Gasteiger charge is -2.26. The van der Waals surface area contributed by atoms with Gasteiger partial charge in [0.1, 0.15) is 12.4 Å². The fourth-order valence-corrected chi connectivity index (χ4v) is 4.07. The molecule has 0 bridgehead atoms. The molecule has 0 radical (unpaired) electrons. The van der Waals surface area contributed by atoms with E-state index in [1.165, 1.54) is 31.7 Å². The molecule has 2 unspecified atom stereocenters. The first kappa shape index (κ1) is 15.4. The minimum Gasteiger partial charge on any atom is -0.384 e. The molecule has 0 heterocycles. The van der Waals surface area contributed by atoms with Gasteiger partial charge < -0.3 is 5.11 Å². The van der Waals surface area contributed by atoms with Crippen LogP contribution in [0.4, 0.5) is 4.39 Å². The van der Waals surface area contributed by atoms with Crippen LogP contribution < -0.4 is 0 Å². The Morgan fingerprint density at radius 3 is 2.95 bits per heavy atom. The van der Waals surface area contributed by atoms with Crippen LogP contribution in [0.15, 0.2) is 18.2 Å². The molecule has 108 valence electrons. The van der Waals surface area contributed by atoms with Crippen molar-refractivity contribution in [2.75, 3.05) is 6.61 Å². The highest BCUT2D eigenvalue weighted by atomic mass is 32.2. The smallest absolute Gasteiger partial charge is 0.128 e. The SMILES string of the molecule is CC1CCCC(SCc2ccc(C#CCO)cc2F)C1. The first-order valence-electron chi connectivity index (χ1n) is 7.19. The number of hydrogen-bond donors (Lipinski definition) is 1. The number of benzene rings is 1. The maximum atomic E-state index is 14.0. The van der Waals surface area contributed by atoms with E-state index in [0.29, 0.717) is 10.8 Å². The lowest BCUT2D eigenvalue weighted by molar-refractivity contribution is 0.350. The van der Waals surface area contributed by atoms with E-state index in [4.69, 9.17) is 5.11 Å². The van der Waals surface area contributed by atoms with E-state index in [2.05, 4.69) is 18.8 Å². The highest BCUT2D eigenvalue weighted by Crippen LogP contribution is 2.33. The van der Waals surface area contributed by atoms with Gasteiger partial charge in [0.25, 0.3) is 0 Å². The zero-order valence-corrected chi connectivity index (χ0v) is 12.7. The summed E-state index contributed by atoms with van der Waals surface area (Å²) in [5.74, 6) is 6.61. The third kappa shape index (κ3) is 4.54. The van der Waals surface area contributed by atoms with Crippen molar-refractivity contribution < 1.29 is 9.50 Å². The first-order chi connectivity index (χ1) is 9.69. The third-order valence-corrected chi connectivity index (χ3v) is 5.10. The molecule has 1 aromatic rings. The highest BCUT2D eigenvalue weighted by Gasteiger charge is 2.19. The van der Waals surface area contributed by atoms with E-state index in [1.54, 1.807) is 0 Å². The van der Waals surface area contributed by atoms with Gasteiger partial charge in [-0.3, -0.25) is 0 Å². The fraction of sp³-hybridized carbons (Fsp3) is 0.529. The molecule has 0 aromatic heterocycles. The molecule has 20 heavy (non-hydrogen) atoms. The Morgan fingerprint density at radius 1 is 1.40 bits per heavy atom. The van der Waals surface area contributed by atoms with Gasteiger partial charge in [0.2, 0.25) is 0 Å². The quantitative estimate of drug-likeness (QED) is 0.850. The highest BCUT2D eigenvalue weighted by molar-refractivity contribution is 7.99. The van der Waals surface area contributed by atoms with Crippen molar-refractivity contribution in [2.24, 2.45) is 5.92 Å². The summed E-state index contributed by atoms with van der Waals surface area (Å²) in [5.41, 5.74) is 1.37. The van der Waals surface area contributed by atoms with Crippen LogP contribution >= 0.6 is 11.8 Å². The van der Waals surface area contributed by atoms with Gasteiger partial charge in [-0.2, -0.15) is 11.8 Å². The summed E-state index contributed by atoms with van der Waals surface area (Å²) in [5, 5.41) is 9.30. The Balaban J connectivity index is 1.92. The first-order valence-corrected chi connectivity index (χ1v) is 8.23. The van der Waals surface area contributed by atoms with Crippen molar-refractivity contribution >= 4 is 11.8 Å². The summed E-state index contributed by atoms with van der Waals surface area (Å²) in [6.07, 6.45) is 5.16. The second kappa shape index (κ2) is 7.71. The van der Waals surface area contributed by atoms with E-state index in [0.717, 1.165) is 17.2 Å². The largest absolute Gasteiger partial charge is 0.384 e. The summed E-state index contributed by atoms with van der Waals surface area (Å²) >= 11 is 1.88. The average molecular weight is 292 g/mol. The van der Waals surface area contributed by atoms with Crippen LogP contribution in [0.2, 0.25) is 0 Å². The average Bonchev–Trinajstić information content (AvgIpc) is 2.44. The van der Waals surface area contributed by atoms with Gasteiger partial charge in [-0.1, -0.05) is 37.7 Å². The molecule has 0 saturated heterocycles. The maximum absolute atomic E-state index is 14.0. The predicted molar refractivity (Wildman–Crippen MR) is 83.1 cm³/mol. The topological polar surface area (TPSA) is 20.2 Å². The molecule has 2 atom stereocenters. The van der Waals surface area contributed by atoms with Gasteiger partial charge in [0.15, 0.2) is 0 Å². The van der Waals surface area contributed by atoms with E-state index in [9.17, 15) is 4.39 Å². The predicted octanol–water partition coefficient (Wildman–Crippen LogP) is 3.98. The fourth-order valence-electron chi connectivity index (χ4n) is 2.62. The van der Waals surface area contributed by atoms with Crippen LogP contribution in [0.3, 0.4) is 0 Å². The number of thioether (sulfide) groups is 1. The molecule has 0 amide bonds. The zero-order valence-electron chi connectivity index (χ0n) is 11.9. The van der Waals surface area contributed by atoms with Gasteiger partial charge in [0, 0.05) is 16.6 Å². The zero-order chi connectivity index (χ0) is 14.4. The Labute approximate surface area is 125 Å². The minimum atomic E-state index is -0.195. The van der Waals surface area contributed by atoms with E-state index in [1.807, 2.05) is 23.9 Å². The Kier molecular flexibility index (Phi) is 5.94.